The first-order chi connectivity index (χ1) is 12.4. The molecule has 0 saturated carbocycles. The van der Waals surface area contributed by atoms with Gasteiger partial charge in [-0.2, -0.15) is 8.78 Å². The minimum atomic E-state index is -2.94. The Hall–Kier alpha value is -2.67. The fourth-order valence-electron chi connectivity index (χ4n) is 2.50. The quantitative estimate of drug-likeness (QED) is 0.780. The van der Waals surface area contributed by atoms with Crippen LogP contribution < -0.4 is 15.2 Å². The van der Waals surface area contributed by atoms with Crippen molar-refractivity contribution < 1.29 is 23.0 Å². The van der Waals surface area contributed by atoms with Crippen molar-refractivity contribution in [2.75, 3.05) is 13.7 Å². The van der Waals surface area contributed by atoms with Gasteiger partial charge < -0.3 is 20.1 Å². The minimum absolute atomic E-state index is 0.0411. The molecule has 7 heteroatoms. The Kier molecular flexibility index (Phi) is 6.91. The predicted octanol–water partition coefficient (Wildman–Crippen LogP) is 3.35. The van der Waals surface area contributed by atoms with Crippen LogP contribution in [-0.2, 0) is 11.3 Å². The number of nitrogens with zero attached hydrogens (tertiary/aromatic N) is 1. The highest BCUT2D eigenvalue weighted by molar-refractivity contribution is 5.82. The van der Waals surface area contributed by atoms with Gasteiger partial charge in [0, 0.05) is 13.6 Å². The highest BCUT2D eigenvalue weighted by atomic mass is 19.3. The number of carbonyl (C=O) groups is 1. The molecule has 0 saturated heterocycles. The molecular formula is C19H22F2N2O3. The van der Waals surface area contributed by atoms with Crippen LogP contribution in [-0.4, -0.2) is 31.1 Å². The number of carbonyl (C=O) groups excluding carboxylic acids is 1. The summed E-state index contributed by atoms with van der Waals surface area (Å²) in [4.78, 5) is 14.0. The van der Waals surface area contributed by atoms with E-state index in [9.17, 15) is 13.6 Å². The molecule has 2 aromatic carbocycles. The Morgan fingerprint density at radius 1 is 1.15 bits per heavy atom. The van der Waals surface area contributed by atoms with Gasteiger partial charge in [0.15, 0.2) is 11.5 Å². The predicted molar refractivity (Wildman–Crippen MR) is 94.1 cm³/mol. The smallest absolute Gasteiger partial charge is 0.387 e. The summed E-state index contributed by atoms with van der Waals surface area (Å²) in [5.74, 6) is -0.0823. The first-order valence-corrected chi connectivity index (χ1v) is 8.18. The molecule has 2 N–H and O–H groups in total. The van der Waals surface area contributed by atoms with Crippen LogP contribution in [0, 0.1) is 0 Å². The van der Waals surface area contributed by atoms with Crippen LogP contribution in [0.3, 0.4) is 0 Å². The summed E-state index contributed by atoms with van der Waals surface area (Å²) < 4.78 is 34.7. The van der Waals surface area contributed by atoms with Crippen LogP contribution in [0.25, 0.3) is 0 Å². The summed E-state index contributed by atoms with van der Waals surface area (Å²) in [7, 11) is 1.63. The van der Waals surface area contributed by atoms with E-state index in [0.29, 0.717) is 12.2 Å². The van der Waals surface area contributed by atoms with E-state index in [1.807, 2.05) is 18.2 Å². The molecule has 0 aliphatic rings. The highest BCUT2D eigenvalue weighted by Gasteiger charge is 2.20. The molecule has 0 heterocycles. The second-order valence-electron chi connectivity index (χ2n) is 5.68. The molecule has 0 fully saturated rings. The number of hydrogen-bond donors (Lipinski definition) is 1. The topological polar surface area (TPSA) is 64.8 Å². The third-order valence-electron chi connectivity index (χ3n) is 3.74. The number of rotatable bonds is 8. The number of halogens is 2. The van der Waals surface area contributed by atoms with Crippen LogP contribution >= 0.6 is 0 Å². The van der Waals surface area contributed by atoms with E-state index in [2.05, 4.69) is 4.74 Å². The molecule has 5 nitrogen and oxygen atoms in total. The average Bonchev–Trinajstić information content (AvgIpc) is 2.63. The van der Waals surface area contributed by atoms with E-state index < -0.39 is 12.7 Å². The molecule has 0 aliphatic heterocycles. The van der Waals surface area contributed by atoms with Crippen LogP contribution in [0.5, 0.6) is 11.5 Å². The van der Waals surface area contributed by atoms with Gasteiger partial charge in [-0.25, -0.2) is 0 Å². The van der Waals surface area contributed by atoms with E-state index in [4.69, 9.17) is 10.5 Å². The monoisotopic (exact) mass is 364 g/mol. The number of ether oxygens (including phenoxy) is 2. The van der Waals surface area contributed by atoms with Gasteiger partial charge in [-0.1, -0.05) is 36.4 Å². The number of nitrogens with two attached hydrogens (primary N) is 1. The van der Waals surface area contributed by atoms with Crippen LogP contribution in [0.2, 0.25) is 0 Å². The van der Waals surface area contributed by atoms with E-state index in [1.165, 1.54) is 11.0 Å². The summed E-state index contributed by atoms with van der Waals surface area (Å²) in [6, 6.07) is 12.9. The van der Waals surface area contributed by atoms with Gasteiger partial charge >= 0.3 is 6.61 Å². The zero-order valence-corrected chi connectivity index (χ0v) is 14.7. The standard InChI is InChI=1S/C19H22F2N2O3/c1-3-25-16-11-13(9-10-15(16)26-19(20)21)12-23(2)18(24)17(22)14-7-5-4-6-8-14/h4-11,17,19H,3,12,22H2,1-2H3. The van der Waals surface area contributed by atoms with Crippen molar-refractivity contribution in [1.82, 2.24) is 4.90 Å². The minimum Gasteiger partial charge on any atom is -0.490 e. The first kappa shape index (κ1) is 19.7. The highest BCUT2D eigenvalue weighted by Crippen LogP contribution is 2.30. The van der Waals surface area contributed by atoms with Gasteiger partial charge in [-0.05, 0) is 30.2 Å². The number of likely N-dealkylation sites (N-methyl/N-ethyl adjacent to an activating group) is 1. The Morgan fingerprint density at radius 3 is 2.46 bits per heavy atom. The van der Waals surface area contributed by atoms with Crippen molar-refractivity contribution in [1.29, 1.82) is 0 Å². The van der Waals surface area contributed by atoms with E-state index >= 15 is 0 Å². The van der Waals surface area contributed by atoms with Gasteiger partial charge in [0.05, 0.1) is 6.61 Å². The maximum atomic E-state index is 12.5. The maximum absolute atomic E-state index is 12.5. The van der Waals surface area contributed by atoms with Crippen LogP contribution in [0.1, 0.15) is 24.1 Å². The van der Waals surface area contributed by atoms with Crippen molar-refractivity contribution in [3.05, 3.63) is 59.7 Å². The van der Waals surface area contributed by atoms with Crippen molar-refractivity contribution >= 4 is 5.91 Å². The normalized spacial score (nSPS) is 11.9. The fourth-order valence-corrected chi connectivity index (χ4v) is 2.50. The van der Waals surface area contributed by atoms with Crippen LogP contribution in [0.15, 0.2) is 48.5 Å². The second kappa shape index (κ2) is 9.15. The van der Waals surface area contributed by atoms with Gasteiger partial charge in [0.2, 0.25) is 5.91 Å². The Labute approximate surface area is 151 Å². The summed E-state index contributed by atoms with van der Waals surface area (Å²) in [5.41, 5.74) is 7.47. The zero-order chi connectivity index (χ0) is 19.1. The van der Waals surface area contributed by atoms with Crippen molar-refractivity contribution in [2.45, 2.75) is 26.1 Å². The molecule has 0 spiro atoms. The lowest BCUT2D eigenvalue weighted by Gasteiger charge is -2.22. The molecule has 0 aliphatic carbocycles. The molecule has 2 aromatic rings. The Balaban J connectivity index is 2.11. The molecule has 1 atom stereocenters. The SMILES string of the molecule is CCOc1cc(CN(C)C(=O)C(N)c2ccccc2)ccc1OC(F)F. The van der Waals surface area contributed by atoms with Gasteiger partial charge in [0.1, 0.15) is 6.04 Å². The third kappa shape index (κ3) is 5.16. The van der Waals surface area contributed by atoms with Crippen molar-refractivity contribution in [3.63, 3.8) is 0 Å². The lowest BCUT2D eigenvalue weighted by atomic mass is 10.1. The van der Waals surface area contributed by atoms with Gasteiger partial charge in [-0.3, -0.25) is 4.79 Å². The van der Waals surface area contributed by atoms with Crippen molar-refractivity contribution in [3.8, 4) is 11.5 Å². The fraction of sp³-hybridized carbons (Fsp3) is 0.316. The first-order valence-electron chi connectivity index (χ1n) is 8.18. The molecule has 0 bridgehead atoms. The molecular weight excluding hydrogens is 342 g/mol. The molecule has 26 heavy (non-hydrogen) atoms. The number of benzene rings is 2. The molecule has 140 valence electrons. The molecule has 0 radical (unpaired) electrons. The second-order valence-corrected chi connectivity index (χ2v) is 5.68. The molecule has 0 aromatic heterocycles. The van der Waals surface area contributed by atoms with E-state index in [1.54, 1.807) is 38.2 Å². The largest absolute Gasteiger partial charge is 0.490 e. The van der Waals surface area contributed by atoms with Crippen molar-refractivity contribution in [2.24, 2.45) is 5.73 Å². The Bertz CT molecular complexity index is 726. The maximum Gasteiger partial charge on any atom is 0.387 e. The lowest BCUT2D eigenvalue weighted by Crippen LogP contribution is -2.35. The third-order valence-corrected chi connectivity index (χ3v) is 3.74. The summed E-state index contributed by atoms with van der Waals surface area (Å²) >= 11 is 0. The number of alkyl halides is 2. The zero-order valence-electron chi connectivity index (χ0n) is 14.7. The number of hydrogen-bond acceptors (Lipinski definition) is 4. The summed E-state index contributed by atoms with van der Waals surface area (Å²) in [6.07, 6.45) is 0. The molecule has 2 rings (SSSR count). The van der Waals surface area contributed by atoms with E-state index in [-0.39, 0.29) is 24.0 Å². The lowest BCUT2D eigenvalue weighted by molar-refractivity contribution is -0.131. The Morgan fingerprint density at radius 2 is 1.85 bits per heavy atom. The van der Waals surface area contributed by atoms with Crippen LogP contribution in [0.4, 0.5) is 8.78 Å². The summed E-state index contributed by atoms with van der Waals surface area (Å²) in [5, 5.41) is 0. The summed E-state index contributed by atoms with van der Waals surface area (Å²) in [6.45, 7) is -0.633. The van der Waals surface area contributed by atoms with E-state index in [0.717, 1.165) is 5.56 Å². The van der Waals surface area contributed by atoms with Gasteiger partial charge in [-0.15, -0.1) is 0 Å². The average molecular weight is 364 g/mol. The number of amides is 1. The van der Waals surface area contributed by atoms with Gasteiger partial charge in [0.25, 0.3) is 0 Å². The molecule has 1 amide bonds. The molecule has 1 unspecified atom stereocenters.